The van der Waals surface area contributed by atoms with Crippen LogP contribution in [0.15, 0.2) is 135 Å². The average Bonchev–Trinajstić information content (AvgIpc) is 3.16. The second-order valence-corrected chi connectivity index (χ2v) is 8.98. The third-order valence-electron chi connectivity index (χ3n) is 5.50. The molecule has 0 heterocycles. The molecule has 7 nitrogen and oxygen atoms in total. The summed E-state index contributed by atoms with van der Waals surface area (Å²) in [5.41, 5.74) is 5.09. The summed E-state index contributed by atoms with van der Waals surface area (Å²) >= 11 is 0. The van der Waals surface area contributed by atoms with Gasteiger partial charge in [-0.25, -0.2) is 9.59 Å². The monoisotopic (exact) mass is 688 g/mol. The Hall–Kier alpha value is -5.27. The van der Waals surface area contributed by atoms with Gasteiger partial charge >= 0.3 is 11.9 Å². The molecule has 3 rings (SSSR count). The van der Waals surface area contributed by atoms with Gasteiger partial charge in [0.25, 0.3) is 0 Å². The van der Waals surface area contributed by atoms with Gasteiger partial charge in [-0.2, -0.15) is 0 Å². The zero-order chi connectivity index (χ0) is 38.0. The van der Waals surface area contributed by atoms with E-state index in [1.807, 2.05) is 90.1 Å². The van der Waals surface area contributed by atoms with Crippen LogP contribution in [0.3, 0.4) is 0 Å². The molecule has 3 aromatic rings. The molecule has 0 amide bonds. The van der Waals surface area contributed by atoms with Crippen LogP contribution in [-0.2, 0) is 19.1 Å². The lowest BCUT2D eigenvalue weighted by molar-refractivity contribution is -0.138. The highest BCUT2D eigenvalue weighted by atomic mass is 16.5. The van der Waals surface area contributed by atoms with Crippen LogP contribution in [0.4, 0.5) is 0 Å². The predicted molar refractivity (Wildman–Crippen MR) is 213 cm³/mol. The lowest BCUT2D eigenvalue weighted by atomic mass is 10.0. The van der Waals surface area contributed by atoms with E-state index in [2.05, 4.69) is 57.2 Å². The van der Waals surface area contributed by atoms with E-state index in [9.17, 15) is 9.59 Å². The highest BCUT2D eigenvalue weighted by Crippen LogP contribution is 2.27. The van der Waals surface area contributed by atoms with Crippen molar-refractivity contribution in [1.82, 2.24) is 0 Å². The first-order chi connectivity index (χ1) is 23.7. The van der Waals surface area contributed by atoms with E-state index in [0.29, 0.717) is 42.8 Å². The Morgan fingerprint density at radius 1 is 0.600 bits per heavy atom. The molecule has 0 unspecified atom stereocenters. The van der Waals surface area contributed by atoms with Crippen LogP contribution in [0.2, 0.25) is 0 Å². The predicted octanol–water partition coefficient (Wildman–Crippen LogP) is 10.8. The zero-order valence-electron chi connectivity index (χ0n) is 31.6. The fourth-order valence-electron chi connectivity index (χ4n) is 3.33. The fraction of sp³-hybridized carbons (Fsp3) is 0.279. The van der Waals surface area contributed by atoms with E-state index in [0.717, 1.165) is 34.4 Å². The van der Waals surface area contributed by atoms with Crippen molar-refractivity contribution in [3.63, 3.8) is 0 Å². The minimum Gasteiger partial charge on any atom is -0.493 e. The number of ether oxygens (including phenoxy) is 3. The third kappa shape index (κ3) is 23.1. The summed E-state index contributed by atoms with van der Waals surface area (Å²) in [6.07, 6.45) is 7.28. The molecule has 0 saturated carbocycles. The van der Waals surface area contributed by atoms with Crippen molar-refractivity contribution >= 4 is 18.2 Å². The molecule has 0 aliphatic carbocycles. The van der Waals surface area contributed by atoms with Crippen LogP contribution < -0.4 is 9.47 Å². The maximum absolute atomic E-state index is 11.7. The number of benzene rings is 3. The topological polar surface area (TPSA) is 110 Å². The van der Waals surface area contributed by atoms with Gasteiger partial charge < -0.3 is 19.7 Å². The van der Waals surface area contributed by atoms with Gasteiger partial charge in [0.1, 0.15) is 17.8 Å². The van der Waals surface area contributed by atoms with Gasteiger partial charge in [-0.05, 0) is 79.3 Å². The SMILES string of the molecule is C=C.C=C(C)C(=O)OCC/C=C/CCOc1ccc(-c2ccc(-c3ccc(OC(=O)C(=C)C)cc3)cc2)cc1.C=CC=O.CC.CC.CC.O. The molecule has 0 fully saturated rings. The van der Waals surface area contributed by atoms with Crippen LogP contribution in [0.5, 0.6) is 11.5 Å². The van der Waals surface area contributed by atoms with E-state index < -0.39 is 5.97 Å². The molecule has 50 heavy (non-hydrogen) atoms. The Labute approximate surface area is 302 Å². The largest absolute Gasteiger partial charge is 0.493 e. The number of allylic oxidation sites excluding steroid dienone is 1. The van der Waals surface area contributed by atoms with Gasteiger partial charge in [0.05, 0.1) is 13.2 Å². The quantitative estimate of drug-likeness (QED) is 0.0441. The Morgan fingerprint density at radius 3 is 1.26 bits per heavy atom. The van der Waals surface area contributed by atoms with Crippen LogP contribution in [0.1, 0.15) is 68.2 Å². The lowest BCUT2D eigenvalue weighted by Crippen LogP contribution is -2.07. The third-order valence-corrected chi connectivity index (χ3v) is 5.50. The molecule has 0 aliphatic heterocycles. The molecule has 0 saturated heterocycles. The molecular weight excluding hydrogens is 628 g/mol. The Morgan fingerprint density at radius 2 is 0.920 bits per heavy atom. The van der Waals surface area contributed by atoms with Gasteiger partial charge in [0.15, 0.2) is 0 Å². The van der Waals surface area contributed by atoms with Crippen molar-refractivity contribution in [3.05, 3.63) is 135 Å². The second kappa shape index (κ2) is 35.0. The number of rotatable bonds is 13. The van der Waals surface area contributed by atoms with Gasteiger partial charge in [0.2, 0.25) is 0 Å². The molecule has 0 radical (unpaired) electrons. The Kier molecular flexibility index (Phi) is 36.1. The summed E-state index contributed by atoms with van der Waals surface area (Å²) in [6, 6.07) is 23.7. The highest BCUT2D eigenvalue weighted by molar-refractivity contribution is 5.89. The van der Waals surface area contributed by atoms with Gasteiger partial charge in [-0.1, -0.05) is 122 Å². The van der Waals surface area contributed by atoms with Gasteiger partial charge in [-0.3, -0.25) is 4.79 Å². The Bertz CT molecular complexity index is 1360. The molecule has 0 aromatic heterocycles. The van der Waals surface area contributed by atoms with Crippen LogP contribution in [0, 0.1) is 0 Å². The maximum Gasteiger partial charge on any atom is 0.338 e. The second-order valence-electron chi connectivity index (χ2n) is 8.98. The van der Waals surface area contributed by atoms with Crippen LogP contribution in [0.25, 0.3) is 22.3 Å². The van der Waals surface area contributed by atoms with E-state index in [1.165, 1.54) is 6.08 Å². The first-order valence-electron chi connectivity index (χ1n) is 16.6. The van der Waals surface area contributed by atoms with Crippen molar-refractivity contribution in [2.24, 2.45) is 0 Å². The number of esters is 2. The molecule has 2 N–H and O–H groups in total. The molecule has 3 aromatic carbocycles. The summed E-state index contributed by atoms with van der Waals surface area (Å²) in [4.78, 5) is 32.0. The number of carbonyl (C=O) groups is 3. The van der Waals surface area contributed by atoms with E-state index in [-0.39, 0.29) is 11.4 Å². The summed E-state index contributed by atoms with van der Waals surface area (Å²) in [7, 11) is 0. The molecule has 0 atom stereocenters. The van der Waals surface area contributed by atoms with Crippen LogP contribution >= 0.6 is 0 Å². The minimum atomic E-state index is -0.430. The molecule has 0 bridgehead atoms. The van der Waals surface area contributed by atoms with Gasteiger partial charge in [-0.15, -0.1) is 13.2 Å². The van der Waals surface area contributed by atoms with E-state index >= 15 is 0 Å². The van der Waals surface area contributed by atoms with E-state index in [1.54, 1.807) is 26.0 Å². The van der Waals surface area contributed by atoms with Crippen molar-refractivity contribution in [3.8, 4) is 33.8 Å². The lowest BCUT2D eigenvalue weighted by Gasteiger charge is -2.08. The summed E-state index contributed by atoms with van der Waals surface area (Å²) in [5, 5.41) is 0. The Balaban J connectivity index is -0.000000724. The zero-order valence-corrected chi connectivity index (χ0v) is 31.6. The highest BCUT2D eigenvalue weighted by Gasteiger charge is 2.06. The number of hydrogen-bond acceptors (Lipinski definition) is 6. The van der Waals surface area contributed by atoms with Crippen molar-refractivity contribution in [1.29, 1.82) is 0 Å². The summed E-state index contributed by atoms with van der Waals surface area (Å²) in [5.74, 6) is 0.525. The minimum absolute atomic E-state index is 0. The molecular formula is C43H60O7. The van der Waals surface area contributed by atoms with Crippen molar-refractivity contribution in [2.45, 2.75) is 68.2 Å². The summed E-state index contributed by atoms with van der Waals surface area (Å²) in [6.45, 7) is 32.4. The fourth-order valence-corrected chi connectivity index (χ4v) is 3.33. The van der Waals surface area contributed by atoms with Crippen molar-refractivity contribution in [2.75, 3.05) is 13.2 Å². The van der Waals surface area contributed by atoms with E-state index in [4.69, 9.17) is 19.0 Å². The number of hydrogen-bond donors (Lipinski definition) is 0. The molecule has 0 spiro atoms. The standard InChI is InChI=1S/C32H32O5.C3H4O.3C2H6.C2H4.H2O/c1-23(2)31(33)36-22-8-6-5-7-21-35-29-17-13-27(14-18-29)25-9-11-26(12-10-25)28-15-19-30(20-16-28)37-32(34)24(3)4;1-2-3-4;4*1-2;/h5-6,9-20H,1,3,7-8,21-22H2,2,4H3;2-3H,1H2;3*1-2H3;1-2H2;1H2/b6-5+;;;;;;. The van der Waals surface area contributed by atoms with Crippen LogP contribution in [-0.4, -0.2) is 36.9 Å². The van der Waals surface area contributed by atoms with Gasteiger partial charge in [0, 0.05) is 11.1 Å². The molecule has 274 valence electrons. The maximum atomic E-state index is 11.7. The van der Waals surface area contributed by atoms with Crippen molar-refractivity contribution < 1.29 is 34.1 Å². The first kappa shape index (κ1) is 51.6. The average molecular weight is 689 g/mol. The normalized spacial score (nSPS) is 8.72. The number of carbonyl (C=O) groups excluding carboxylic acids is 3. The number of aldehydes is 1. The molecule has 0 aliphatic rings. The molecule has 7 heteroatoms. The smallest absolute Gasteiger partial charge is 0.338 e. The summed E-state index contributed by atoms with van der Waals surface area (Å²) < 4.78 is 16.1. The first-order valence-corrected chi connectivity index (χ1v) is 16.6.